The lowest BCUT2D eigenvalue weighted by molar-refractivity contribution is 0.0923. The zero-order chi connectivity index (χ0) is 18.0. The molecule has 0 aliphatic heterocycles. The Balaban J connectivity index is 0.00000243. The van der Waals surface area contributed by atoms with Crippen molar-refractivity contribution in [1.82, 2.24) is 15.1 Å². The molecular weight excluding hydrogens is 352 g/mol. The first-order valence-corrected chi connectivity index (χ1v) is 9.02. The molecule has 2 aromatic rings. The number of carbonyl (C=O) groups is 1. The van der Waals surface area contributed by atoms with E-state index in [1.54, 1.807) is 12.1 Å². The Labute approximate surface area is 159 Å². The Kier molecular flexibility index (Phi) is 6.78. The fourth-order valence-electron chi connectivity index (χ4n) is 3.62. The highest BCUT2D eigenvalue weighted by molar-refractivity contribution is 6.04. The molecule has 7 heteroatoms. The first kappa shape index (κ1) is 20.4. The fourth-order valence-corrected chi connectivity index (χ4v) is 3.62. The van der Waals surface area contributed by atoms with Gasteiger partial charge in [-0.25, -0.2) is 4.68 Å². The second-order valence-electron chi connectivity index (χ2n) is 7.28. The second kappa shape index (κ2) is 8.64. The van der Waals surface area contributed by atoms with E-state index < -0.39 is 0 Å². The molecule has 2 atom stereocenters. The van der Waals surface area contributed by atoms with Crippen LogP contribution in [0.5, 0.6) is 0 Å². The predicted molar refractivity (Wildman–Crippen MR) is 106 cm³/mol. The molecule has 1 aromatic heterocycles. The molecule has 6 nitrogen and oxygen atoms in total. The van der Waals surface area contributed by atoms with Crippen molar-refractivity contribution in [3.63, 3.8) is 0 Å². The summed E-state index contributed by atoms with van der Waals surface area (Å²) >= 11 is 0. The number of amides is 1. The summed E-state index contributed by atoms with van der Waals surface area (Å²) in [4.78, 5) is 25.5. The number of fused-ring (bicyclic) bond motifs is 1. The largest absolute Gasteiger partial charge is 0.348 e. The Morgan fingerprint density at radius 2 is 2.00 bits per heavy atom. The minimum atomic E-state index is -0.223. The topological polar surface area (TPSA) is 90.0 Å². The molecule has 142 valence electrons. The second-order valence-corrected chi connectivity index (χ2v) is 7.28. The third-order valence-corrected chi connectivity index (χ3v) is 4.90. The maximum absolute atomic E-state index is 12.9. The van der Waals surface area contributed by atoms with Crippen LogP contribution in [0.25, 0.3) is 10.8 Å². The zero-order valence-electron chi connectivity index (χ0n) is 15.3. The number of hydrogen-bond donors (Lipinski definition) is 2. The van der Waals surface area contributed by atoms with E-state index in [1.807, 2.05) is 26.0 Å². The number of halogens is 1. The lowest BCUT2D eigenvalue weighted by Crippen LogP contribution is -2.41. The van der Waals surface area contributed by atoms with Crippen LogP contribution in [0.3, 0.4) is 0 Å². The molecule has 1 aromatic carbocycles. The SMILES string of the molecule is CC(C)Cn1nc(C(=O)NC2CCCC2CN)c2ccccc2c1=O.Cl. The number of hydrogen-bond acceptors (Lipinski definition) is 4. The summed E-state index contributed by atoms with van der Waals surface area (Å²) < 4.78 is 1.41. The molecule has 1 saturated carbocycles. The smallest absolute Gasteiger partial charge is 0.274 e. The van der Waals surface area contributed by atoms with Crippen LogP contribution >= 0.6 is 12.4 Å². The summed E-state index contributed by atoms with van der Waals surface area (Å²) in [5.41, 5.74) is 5.98. The van der Waals surface area contributed by atoms with Crippen LogP contribution in [-0.4, -0.2) is 28.3 Å². The third kappa shape index (κ3) is 4.07. The van der Waals surface area contributed by atoms with Crippen molar-refractivity contribution in [2.24, 2.45) is 17.6 Å². The number of carbonyl (C=O) groups excluding carboxylic acids is 1. The molecule has 0 radical (unpaired) electrons. The molecule has 1 aliphatic carbocycles. The van der Waals surface area contributed by atoms with E-state index >= 15 is 0 Å². The standard InChI is InChI=1S/C19H26N4O2.ClH/c1-12(2)11-23-19(25)15-8-4-3-7-14(15)17(22-23)18(24)21-16-9-5-6-13(16)10-20;/h3-4,7-8,12-13,16H,5-6,9-11,20H2,1-2H3,(H,21,24);1H. The van der Waals surface area contributed by atoms with Gasteiger partial charge in [-0.15, -0.1) is 12.4 Å². The predicted octanol–water partition coefficient (Wildman–Crippen LogP) is 2.33. The van der Waals surface area contributed by atoms with Crippen molar-refractivity contribution < 1.29 is 4.79 Å². The van der Waals surface area contributed by atoms with Gasteiger partial charge in [0.05, 0.1) is 5.39 Å². The minimum Gasteiger partial charge on any atom is -0.348 e. The van der Waals surface area contributed by atoms with Crippen LogP contribution in [0.15, 0.2) is 29.1 Å². The molecule has 1 amide bonds. The summed E-state index contributed by atoms with van der Waals surface area (Å²) in [6.07, 6.45) is 3.06. The van der Waals surface area contributed by atoms with Crippen molar-refractivity contribution >= 4 is 29.1 Å². The molecule has 1 heterocycles. The van der Waals surface area contributed by atoms with Gasteiger partial charge in [-0.2, -0.15) is 5.10 Å². The number of nitrogens with zero attached hydrogens (tertiary/aromatic N) is 2. The van der Waals surface area contributed by atoms with Crippen molar-refractivity contribution in [1.29, 1.82) is 0 Å². The van der Waals surface area contributed by atoms with Crippen molar-refractivity contribution in [2.45, 2.75) is 45.7 Å². The van der Waals surface area contributed by atoms with Crippen LogP contribution in [0, 0.1) is 11.8 Å². The van der Waals surface area contributed by atoms with Crippen LogP contribution in [-0.2, 0) is 6.54 Å². The van der Waals surface area contributed by atoms with Crippen molar-refractivity contribution in [2.75, 3.05) is 6.54 Å². The number of rotatable bonds is 5. The van der Waals surface area contributed by atoms with Gasteiger partial charge < -0.3 is 11.1 Å². The normalized spacial score (nSPS) is 19.5. The van der Waals surface area contributed by atoms with Gasteiger partial charge >= 0.3 is 0 Å². The number of nitrogens with two attached hydrogens (primary N) is 1. The molecule has 0 spiro atoms. The Bertz CT molecular complexity index is 834. The molecule has 3 rings (SSSR count). The fraction of sp³-hybridized carbons (Fsp3) is 0.526. The summed E-state index contributed by atoms with van der Waals surface area (Å²) in [6, 6.07) is 7.26. The first-order chi connectivity index (χ1) is 12.0. The van der Waals surface area contributed by atoms with Gasteiger partial charge in [0.25, 0.3) is 11.5 Å². The van der Waals surface area contributed by atoms with E-state index in [2.05, 4.69) is 10.4 Å². The van der Waals surface area contributed by atoms with Gasteiger partial charge in [0.2, 0.25) is 0 Å². The van der Waals surface area contributed by atoms with Crippen LogP contribution < -0.4 is 16.6 Å². The van der Waals surface area contributed by atoms with E-state index in [4.69, 9.17) is 5.73 Å². The van der Waals surface area contributed by atoms with Gasteiger partial charge in [0.15, 0.2) is 5.69 Å². The molecule has 3 N–H and O–H groups in total. The molecular formula is C19H27ClN4O2. The van der Waals surface area contributed by atoms with Gasteiger partial charge in [-0.1, -0.05) is 38.5 Å². The number of nitrogens with one attached hydrogen (secondary N) is 1. The maximum Gasteiger partial charge on any atom is 0.274 e. The van der Waals surface area contributed by atoms with E-state index in [9.17, 15) is 9.59 Å². The summed E-state index contributed by atoms with van der Waals surface area (Å²) in [5, 5.41) is 8.62. The molecule has 1 fully saturated rings. The van der Waals surface area contributed by atoms with Crippen molar-refractivity contribution in [3.8, 4) is 0 Å². The van der Waals surface area contributed by atoms with Crippen LogP contribution in [0.2, 0.25) is 0 Å². The van der Waals surface area contributed by atoms with Crippen LogP contribution in [0.4, 0.5) is 0 Å². The Morgan fingerprint density at radius 3 is 2.65 bits per heavy atom. The van der Waals surface area contributed by atoms with Crippen LogP contribution in [0.1, 0.15) is 43.6 Å². The zero-order valence-corrected chi connectivity index (χ0v) is 16.1. The molecule has 26 heavy (non-hydrogen) atoms. The highest BCUT2D eigenvalue weighted by atomic mass is 35.5. The van der Waals surface area contributed by atoms with Gasteiger partial charge in [0, 0.05) is 18.0 Å². The summed E-state index contributed by atoms with van der Waals surface area (Å²) in [6.45, 7) is 5.10. The molecule has 0 bridgehead atoms. The van der Waals surface area contributed by atoms with Gasteiger partial charge in [-0.3, -0.25) is 9.59 Å². The molecule has 0 saturated heterocycles. The van der Waals surface area contributed by atoms with E-state index in [1.165, 1.54) is 4.68 Å². The molecule has 2 unspecified atom stereocenters. The average Bonchev–Trinajstić information content (AvgIpc) is 3.04. The Hall–Kier alpha value is -1.92. The lowest BCUT2D eigenvalue weighted by Gasteiger charge is -2.20. The van der Waals surface area contributed by atoms with E-state index in [-0.39, 0.29) is 35.8 Å². The summed E-state index contributed by atoms with van der Waals surface area (Å²) in [5.74, 6) is 0.356. The third-order valence-electron chi connectivity index (χ3n) is 4.90. The van der Waals surface area contributed by atoms with Crippen molar-refractivity contribution in [3.05, 3.63) is 40.3 Å². The monoisotopic (exact) mass is 378 g/mol. The maximum atomic E-state index is 12.9. The average molecular weight is 379 g/mol. The number of aromatic nitrogens is 2. The van der Waals surface area contributed by atoms with Gasteiger partial charge in [0.1, 0.15) is 0 Å². The van der Waals surface area contributed by atoms with E-state index in [0.717, 1.165) is 19.3 Å². The van der Waals surface area contributed by atoms with Gasteiger partial charge in [-0.05, 0) is 37.3 Å². The lowest BCUT2D eigenvalue weighted by atomic mass is 10.0. The highest BCUT2D eigenvalue weighted by Crippen LogP contribution is 2.25. The summed E-state index contributed by atoms with van der Waals surface area (Å²) in [7, 11) is 0. The quantitative estimate of drug-likeness (QED) is 0.835. The highest BCUT2D eigenvalue weighted by Gasteiger charge is 2.29. The first-order valence-electron chi connectivity index (χ1n) is 9.02. The van der Waals surface area contributed by atoms with E-state index in [0.29, 0.717) is 35.5 Å². The number of benzene rings is 1. The molecule has 1 aliphatic rings. The Morgan fingerprint density at radius 1 is 1.31 bits per heavy atom. The minimum absolute atomic E-state index is 0.